The predicted octanol–water partition coefficient (Wildman–Crippen LogP) is 2.08. The van der Waals surface area contributed by atoms with Crippen molar-refractivity contribution >= 4 is 5.91 Å². The molecule has 19 heavy (non-hydrogen) atoms. The van der Waals surface area contributed by atoms with Crippen molar-refractivity contribution in [2.75, 3.05) is 33.7 Å². The van der Waals surface area contributed by atoms with Crippen molar-refractivity contribution in [3.8, 4) is 11.8 Å². The normalized spacial score (nSPS) is 20.4. The lowest BCUT2D eigenvalue weighted by Crippen LogP contribution is -2.64. The smallest absolute Gasteiger partial charge is 0.298 e. The van der Waals surface area contributed by atoms with Crippen LogP contribution >= 0.6 is 0 Å². The molecule has 0 unspecified atom stereocenters. The molecular weight excluding hydrogens is 236 g/mol. The van der Waals surface area contributed by atoms with Gasteiger partial charge in [-0.1, -0.05) is 27.2 Å². The topological polar surface area (TPSA) is 23.6 Å². The number of amides is 1. The summed E-state index contributed by atoms with van der Waals surface area (Å²) in [4.78, 5) is 15.7. The van der Waals surface area contributed by atoms with E-state index in [1.54, 1.807) is 0 Å². The van der Waals surface area contributed by atoms with Crippen LogP contribution in [0.1, 0.15) is 34.1 Å². The minimum atomic E-state index is 0. The molecule has 3 nitrogen and oxygen atoms in total. The third-order valence-corrected chi connectivity index (χ3v) is 4.26. The highest BCUT2D eigenvalue weighted by atomic mass is 16.2. The first kappa shape index (κ1) is 16.0. The van der Waals surface area contributed by atoms with Gasteiger partial charge in [0.05, 0.1) is 6.54 Å². The van der Waals surface area contributed by atoms with Gasteiger partial charge in [0, 0.05) is 18.5 Å². The van der Waals surface area contributed by atoms with Crippen molar-refractivity contribution in [2.24, 2.45) is 17.3 Å². The van der Waals surface area contributed by atoms with Crippen LogP contribution < -0.4 is 0 Å². The highest BCUT2D eigenvalue weighted by Gasteiger charge is 2.53. The molecule has 2 rings (SSSR count). The van der Waals surface area contributed by atoms with E-state index in [4.69, 9.17) is 0 Å². The monoisotopic (exact) mass is 264 g/mol. The Kier molecular flexibility index (Phi) is 5.04. The molecule has 3 heteroatoms. The molecule has 1 saturated carbocycles. The molecule has 2 fully saturated rings. The fourth-order valence-corrected chi connectivity index (χ4v) is 3.04. The predicted molar refractivity (Wildman–Crippen MR) is 79.6 cm³/mol. The molecule has 1 spiro atoms. The van der Waals surface area contributed by atoms with Crippen molar-refractivity contribution in [1.29, 1.82) is 0 Å². The zero-order valence-corrected chi connectivity index (χ0v) is 12.0. The average molecular weight is 264 g/mol. The van der Waals surface area contributed by atoms with Gasteiger partial charge in [0.1, 0.15) is 0 Å². The van der Waals surface area contributed by atoms with E-state index < -0.39 is 0 Å². The molecular formula is C16H28N2O. The van der Waals surface area contributed by atoms with Gasteiger partial charge in [-0.3, -0.25) is 9.69 Å². The molecule has 1 saturated heterocycles. The van der Waals surface area contributed by atoms with E-state index >= 15 is 0 Å². The number of carbonyl (C=O) groups is 1. The Labute approximate surface area is 118 Å². The number of likely N-dealkylation sites (tertiary alicyclic amines) is 1. The third kappa shape index (κ3) is 3.51. The van der Waals surface area contributed by atoms with Crippen molar-refractivity contribution in [3.63, 3.8) is 0 Å². The first-order valence-corrected chi connectivity index (χ1v) is 6.84. The van der Waals surface area contributed by atoms with Gasteiger partial charge in [0.15, 0.2) is 0 Å². The van der Waals surface area contributed by atoms with E-state index in [1.165, 1.54) is 12.8 Å². The van der Waals surface area contributed by atoms with Crippen LogP contribution in [0.25, 0.3) is 0 Å². The Balaban J connectivity index is 0.00000180. The maximum Gasteiger partial charge on any atom is 0.298 e. The Morgan fingerprint density at radius 2 is 1.95 bits per heavy atom. The lowest BCUT2D eigenvalue weighted by Gasteiger charge is -2.59. The molecule has 108 valence electrons. The van der Waals surface area contributed by atoms with Crippen LogP contribution in [0.2, 0.25) is 0 Å². The molecule has 0 atom stereocenters. The van der Waals surface area contributed by atoms with E-state index in [1.807, 2.05) is 23.9 Å². The van der Waals surface area contributed by atoms with Crippen LogP contribution in [0.4, 0.5) is 0 Å². The lowest BCUT2D eigenvalue weighted by molar-refractivity contribution is -0.151. The second-order valence-electron chi connectivity index (χ2n) is 6.61. The summed E-state index contributed by atoms with van der Waals surface area (Å²) in [6.45, 7) is 7.12. The van der Waals surface area contributed by atoms with Crippen LogP contribution in [0.15, 0.2) is 0 Å². The average Bonchev–Trinajstić information content (AvgIpc) is 2.11. The Hall–Kier alpha value is -1.01. The molecule has 1 heterocycles. The first-order valence-electron chi connectivity index (χ1n) is 6.84. The first-order chi connectivity index (χ1) is 8.42. The zero-order chi connectivity index (χ0) is 13.3. The van der Waals surface area contributed by atoms with Crippen molar-refractivity contribution in [1.82, 2.24) is 9.80 Å². The summed E-state index contributed by atoms with van der Waals surface area (Å²) < 4.78 is 0. The molecule has 1 aliphatic carbocycles. The summed E-state index contributed by atoms with van der Waals surface area (Å²) in [6, 6.07) is 0. The summed E-state index contributed by atoms with van der Waals surface area (Å²) >= 11 is 0. The molecule has 0 N–H and O–H groups in total. The standard InChI is InChI=1S/C15H24N2O.CH4/c1-12(2)13-8-15(9-13)10-17(11-15)14(18)6-5-7-16(3)4;/h12-13H,7-11H2,1-4H3;1H4. The Morgan fingerprint density at radius 3 is 2.42 bits per heavy atom. The summed E-state index contributed by atoms with van der Waals surface area (Å²) in [5, 5.41) is 0. The fourth-order valence-electron chi connectivity index (χ4n) is 3.04. The summed E-state index contributed by atoms with van der Waals surface area (Å²) in [5.74, 6) is 7.32. The van der Waals surface area contributed by atoms with E-state index in [2.05, 4.69) is 25.7 Å². The van der Waals surface area contributed by atoms with Crippen LogP contribution in [-0.4, -0.2) is 49.4 Å². The molecule has 2 aliphatic rings. The number of hydrogen-bond acceptors (Lipinski definition) is 2. The SMILES string of the molecule is C.CC(C)C1CC2(C1)CN(C(=O)C#CCN(C)C)C2. The molecule has 0 bridgehead atoms. The maximum absolute atomic E-state index is 11.8. The summed E-state index contributed by atoms with van der Waals surface area (Å²) in [7, 11) is 3.91. The van der Waals surface area contributed by atoms with Crippen molar-refractivity contribution in [2.45, 2.75) is 34.1 Å². The quantitative estimate of drug-likeness (QED) is 0.713. The molecule has 0 aromatic heterocycles. The minimum absolute atomic E-state index is 0. The largest absolute Gasteiger partial charge is 0.331 e. The molecule has 0 radical (unpaired) electrons. The van der Waals surface area contributed by atoms with Gasteiger partial charge in [0.25, 0.3) is 5.91 Å². The fraction of sp³-hybridized carbons (Fsp3) is 0.812. The van der Waals surface area contributed by atoms with Gasteiger partial charge in [-0.2, -0.15) is 0 Å². The minimum Gasteiger partial charge on any atom is -0.331 e. The number of carbonyl (C=O) groups excluding carboxylic acids is 1. The molecule has 1 amide bonds. The van der Waals surface area contributed by atoms with Crippen LogP contribution in [0.3, 0.4) is 0 Å². The third-order valence-electron chi connectivity index (χ3n) is 4.26. The van der Waals surface area contributed by atoms with E-state index in [9.17, 15) is 4.79 Å². The van der Waals surface area contributed by atoms with E-state index in [0.29, 0.717) is 12.0 Å². The summed E-state index contributed by atoms with van der Waals surface area (Å²) in [5.41, 5.74) is 0.466. The van der Waals surface area contributed by atoms with Gasteiger partial charge in [-0.05, 0) is 44.7 Å². The highest BCUT2D eigenvalue weighted by molar-refractivity contribution is 5.94. The molecule has 1 aliphatic heterocycles. The number of nitrogens with zero attached hydrogens (tertiary/aromatic N) is 2. The second kappa shape index (κ2) is 5.96. The lowest BCUT2D eigenvalue weighted by atomic mass is 9.55. The van der Waals surface area contributed by atoms with E-state index in [-0.39, 0.29) is 13.3 Å². The van der Waals surface area contributed by atoms with Gasteiger partial charge < -0.3 is 4.90 Å². The number of hydrogen-bond donors (Lipinski definition) is 0. The van der Waals surface area contributed by atoms with E-state index in [0.717, 1.165) is 24.9 Å². The highest BCUT2D eigenvalue weighted by Crippen LogP contribution is 2.54. The van der Waals surface area contributed by atoms with Crippen molar-refractivity contribution in [3.05, 3.63) is 0 Å². The second-order valence-corrected chi connectivity index (χ2v) is 6.61. The van der Waals surface area contributed by atoms with Gasteiger partial charge in [0.2, 0.25) is 0 Å². The summed E-state index contributed by atoms with van der Waals surface area (Å²) in [6.07, 6.45) is 2.61. The maximum atomic E-state index is 11.8. The van der Waals surface area contributed by atoms with Gasteiger partial charge in [-0.15, -0.1) is 0 Å². The number of rotatable bonds is 2. The van der Waals surface area contributed by atoms with Crippen molar-refractivity contribution < 1.29 is 4.79 Å². The Morgan fingerprint density at radius 1 is 1.37 bits per heavy atom. The van der Waals surface area contributed by atoms with Crippen LogP contribution in [0.5, 0.6) is 0 Å². The molecule has 0 aromatic carbocycles. The van der Waals surface area contributed by atoms with Gasteiger partial charge >= 0.3 is 0 Å². The zero-order valence-electron chi connectivity index (χ0n) is 12.0. The Bertz CT molecular complexity index is 375. The van der Waals surface area contributed by atoms with Crippen LogP contribution in [-0.2, 0) is 4.79 Å². The van der Waals surface area contributed by atoms with Gasteiger partial charge in [-0.25, -0.2) is 0 Å². The molecule has 0 aromatic rings. The van der Waals surface area contributed by atoms with Crippen LogP contribution in [0, 0.1) is 29.1 Å².